The van der Waals surface area contributed by atoms with Gasteiger partial charge in [0.1, 0.15) is 18.3 Å². The Labute approximate surface area is 238 Å². The lowest BCUT2D eigenvalue weighted by molar-refractivity contribution is -0.267. The summed E-state index contributed by atoms with van der Waals surface area (Å²) >= 11 is 0. The van der Waals surface area contributed by atoms with Crippen molar-refractivity contribution in [2.45, 2.75) is 69.6 Å². The van der Waals surface area contributed by atoms with Crippen molar-refractivity contribution in [2.75, 3.05) is 13.2 Å². The van der Waals surface area contributed by atoms with Crippen LogP contribution in [0.4, 0.5) is 26.3 Å². The predicted molar refractivity (Wildman–Crippen MR) is 135 cm³/mol. The van der Waals surface area contributed by atoms with Gasteiger partial charge >= 0.3 is 6.18 Å². The second kappa shape index (κ2) is 9.23. The minimum atomic E-state index is -4.92. The number of alkyl halides is 4. The number of hydrogen-bond donors (Lipinski definition) is 2. The van der Waals surface area contributed by atoms with E-state index in [-0.39, 0.29) is 55.7 Å². The summed E-state index contributed by atoms with van der Waals surface area (Å²) in [7, 11) is 0. The Hall–Kier alpha value is -2.54. The molecule has 0 radical (unpaired) electrons. The Morgan fingerprint density at radius 3 is 2.57 bits per heavy atom. The Morgan fingerprint density at radius 2 is 1.90 bits per heavy atom. The van der Waals surface area contributed by atoms with E-state index in [9.17, 15) is 37.4 Å². The van der Waals surface area contributed by atoms with E-state index >= 15 is 8.78 Å². The van der Waals surface area contributed by atoms with Gasteiger partial charge in [0, 0.05) is 48.6 Å². The van der Waals surface area contributed by atoms with Crippen molar-refractivity contribution in [1.29, 1.82) is 0 Å². The summed E-state index contributed by atoms with van der Waals surface area (Å²) in [5.74, 6) is -5.56. The molecule has 6 nitrogen and oxygen atoms in total. The molecule has 1 aromatic rings. The molecule has 5 aliphatic rings. The van der Waals surface area contributed by atoms with Crippen LogP contribution in [0.3, 0.4) is 0 Å². The second-order valence-electron chi connectivity index (χ2n) is 12.9. The SMILES string of the molecule is C[C@]12C=CC(=O)CC1=C(F)C[C@H]1[C@@H]3C[C@H]4CN(Cc5ccc(F)c(C(F)(F)F)c5)O[C@@]4(C(=O)CO)[C@@]3(C)C[C@H](O)[C@@]12F. The maximum absolute atomic E-state index is 17.4. The van der Waals surface area contributed by atoms with Crippen molar-refractivity contribution in [3.63, 3.8) is 0 Å². The highest BCUT2D eigenvalue weighted by Crippen LogP contribution is 2.72. The van der Waals surface area contributed by atoms with Crippen molar-refractivity contribution in [3.8, 4) is 0 Å². The van der Waals surface area contributed by atoms with Gasteiger partial charge in [-0.3, -0.25) is 14.4 Å². The first-order valence-corrected chi connectivity index (χ1v) is 13.9. The lowest BCUT2D eigenvalue weighted by atomic mass is 9.45. The second-order valence-corrected chi connectivity index (χ2v) is 12.9. The number of Topliss-reactive ketones (excluding diaryl/α,β-unsaturated/α-hetero) is 1. The van der Waals surface area contributed by atoms with Crippen LogP contribution in [0.1, 0.15) is 50.7 Å². The molecule has 0 spiro atoms. The molecule has 12 heteroatoms. The summed E-state index contributed by atoms with van der Waals surface area (Å²) in [4.78, 5) is 31.9. The first-order chi connectivity index (χ1) is 19.5. The van der Waals surface area contributed by atoms with E-state index < -0.39 is 81.7 Å². The molecule has 8 atom stereocenters. The van der Waals surface area contributed by atoms with Crippen molar-refractivity contribution in [2.24, 2.45) is 28.6 Å². The third-order valence-electron chi connectivity index (χ3n) is 11.0. The fourth-order valence-corrected chi connectivity index (χ4v) is 9.10. The molecule has 0 amide bonds. The molecule has 4 aliphatic carbocycles. The molecule has 0 bridgehead atoms. The number of halogens is 6. The van der Waals surface area contributed by atoms with Gasteiger partial charge in [0.2, 0.25) is 0 Å². The zero-order valence-electron chi connectivity index (χ0n) is 23.0. The van der Waals surface area contributed by atoms with Crippen LogP contribution in [0.25, 0.3) is 0 Å². The third kappa shape index (κ3) is 3.67. The summed E-state index contributed by atoms with van der Waals surface area (Å²) in [5, 5.41) is 22.8. The van der Waals surface area contributed by atoms with Gasteiger partial charge < -0.3 is 10.2 Å². The number of aliphatic hydroxyl groups is 2. The number of ketones is 2. The number of hydrogen-bond acceptors (Lipinski definition) is 6. The van der Waals surface area contributed by atoms with Crippen LogP contribution in [-0.4, -0.2) is 57.4 Å². The van der Waals surface area contributed by atoms with Crippen LogP contribution in [0.5, 0.6) is 0 Å². The average Bonchev–Trinajstić information content (AvgIpc) is 3.39. The Bertz CT molecular complexity index is 1430. The Kier molecular flexibility index (Phi) is 6.49. The van der Waals surface area contributed by atoms with Crippen molar-refractivity contribution in [1.82, 2.24) is 5.06 Å². The lowest BCUT2D eigenvalue weighted by Crippen LogP contribution is -2.69. The number of hydroxylamine groups is 2. The smallest absolute Gasteiger partial charge is 0.390 e. The minimum absolute atomic E-state index is 0.00990. The maximum Gasteiger partial charge on any atom is 0.419 e. The van der Waals surface area contributed by atoms with E-state index in [4.69, 9.17) is 4.84 Å². The molecule has 2 N–H and O–H groups in total. The topological polar surface area (TPSA) is 87.1 Å². The first kappa shape index (κ1) is 29.5. The normalized spacial score (nSPS) is 41.4. The van der Waals surface area contributed by atoms with Crippen LogP contribution < -0.4 is 0 Å². The highest BCUT2D eigenvalue weighted by Gasteiger charge is 2.79. The van der Waals surface area contributed by atoms with E-state index in [1.807, 2.05) is 0 Å². The molecular weight excluding hydrogens is 568 g/mol. The fraction of sp³-hybridized carbons (Fsp3) is 0.600. The zero-order chi connectivity index (χ0) is 30.6. The van der Waals surface area contributed by atoms with Gasteiger partial charge in [-0.15, -0.1) is 0 Å². The number of benzene rings is 1. The number of aliphatic hydroxyl groups excluding tert-OH is 2. The van der Waals surface area contributed by atoms with Crippen molar-refractivity contribution < 1.29 is 51.0 Å². The largest absolute Gasteiger partial charge is 0.419 e. The summed E-state index contributed by atoms with van der Waals surface area (Å²) in [6, 6.07) is 2.54. The van der Waals surface area contributed by atoms with E-state index in [2.05, 4.69) is 0 Å². The lowest BCUT2D eigenvalue weighted by Gasteiger charge is -2.62. The average molecular weight is 600 g/mol. The van der Waals surface area contributed by atoms with Crippen molar-refractivity contribution in [3.05, 3.63) is 58.7 Å². The highest BCUT2D eigenvalue weighted by atomic mass is 19.4. The Balaban J connectivity index is 1.37. The summed E-state index contributed by atoms with van der Waals surface area (Å²) in [6.07, 6.45) is -4.86. The molecule has 3 fully saturated rings. The van der Waals surface area contributed by atoms with E-state index in [0.29, 0.717) is 12.1 Å². The first-order valence-electron chi connectivity index (χ1n) is 13.9. The maximum atomic E-state index is 17.4. The van der Waals surface area contributed by atoms with E-state index in [0.717, 1.165) is 0 Å². The molecule has 6 rings (SSSR count). The molecule has 0 aromatic heterocycles. The summed E-state index contributed by atoms with van der Waals surface area (Å²) in [5.41, 5.74) is -8.36. The minimum Gasteiger partial charge on any atom is -0.390 e. The van der Waals surface area contributed by atoms with Gasteiger partial charge in [0.05, 0.1) is 11.7 Å². The molecule has 0 unspecified atom stereocenters. The molecule has 2 saturated carbocycles. The molecule has 1 heterocycles. The highest BCUT2D eigenvalue weighted by molar-refractivity contribution is 5.94. The molecule has 1 saturated heterocycles. The zero-order valence-corrected chi connectivity index (χ0v) is 23.0. The fourth-order valence-electron chi connectivity index (χ4n) is 9.10. The van der Waals surface area contributed by atoms with Gasteiger partial charge in [-0.25, -0.2) is 13.2 Å². The van der Waals surface area contributed by atoms with Gasteiger partial charge in [-0.2, -0.15) is 18.2 Å². The molecule has 42 heavy (non-hydrogen) atoms. The number of carbonyl (C=O) groups is 2. The van der Waals surface area contributed by atoms with Crippen LogP contribution in [0, 0.1) is 34.4 Å². The standard InChI is InChI=1S/C30H31F6NO5/c1-26-6-5-17(39)9-20(26)23(32)10-19-18-8-16-13-37(12-15-3-4-22(31)21(7-15)30(34,35)36)42-29(16,25(41)14-38)27(18,2)11-24(40)28(19,26)33/h3-7,16,18-19,24,38,40H,8-14H2,1-2H3/t16-,18-,19-,24-,26-,27-,28-,29-/m0/s1. The van der Waals surface area contributed by atoms with Gasteiger partial charge in [-0.1, -0.05) is 19.1 Å². The Morgan fingerprint density at radius 1 is 1.19 bits per heavy atom. The molecule has 1 aliphatic heterocycles. The van der Waals surface area contributed by atoms with Crippen LogP contribution in [0.2, 0.25) is 0 Å². The van der Waals surface area contributed by atoms with Gasteiger partial charge in [0.25, 0.3) is 0 Å². The van der Waals surface area contributed by atoms with Crippen LogP contribution in [-0.2, 0) is 27.1 Å². The number of carbonyl (C=O) groups excluding carboxylic acids is 2. The summed E-state index contributed by atoms with van der Waals surface area (Å²) < 4.78 is 86.8. The van der Waals surface area contributed by atoms with Crippen LogP contribution >= 0.6 is 0 Å². The molecule has 1 aromatic carbocycles. The number of nitrogens with zero attached hydrogens (tertiary/aromatic N) is 1. The van der Waals surface area contributed by atoms with Crippen LogP contribution in [0.15, 0.2) is 41.8 Å². The van der Waals surface area contributed by atoms with Crippen molar-refractivity contribution >= 4 is 11.6 Å². The quantitative estimate of drug-likeness (QED) is 0.485. The number of fused-ring (bicyclic) bond motifs is 7. The molecular formula is C30H31F6NO5. The van der Waals surface area contributed by atoms with E-state index in [1.165, 1.54) is 30.2 Å². The van der Waals surface area contributed by atoms with E-state index in [1.54, 1.807) is 6.92 Å². The third-order valence-corrected chi connectivity index (χ3v) is 11.0. The van der Waals surface area contributed by atoms with Gasteiger partial charge in [-0.05, 0) is 55.0 Å². The number of rotatable bonds is 4. The van der Waals surface area contributed by atoms with Gasteiger partial charge in [0.15, 0.2) is 22.8 Å². The number of allylic oxidation sites excluding steroid dienone is 4. The summed E-state index contributed by atoms with van der Waals surface area (Å²) in [6.45, 7) is 1.97. The molecule has 228 valence electrons. The predicted octanol–water partition coefficient (Wildman–Crippen LogP) is 4.79. The monoisotopic (exact) mass is 599 g/mol.